The molecule has 1 aromatic heterocycles. The molecule has 2 aromatic rings. The number of hydrogen-bond donors (Lipinski definition) is 1. The lowest BCUT2D eigenvalue weighted by atomic mass is 9.81. The number of unbranched alkanes of at least 4 members (excludes halogenated alkanes) is 2. The summed E-state index contributed by atoms with van der Waals surface area (Å²) in [4.78, 5) is 6.53. The predicted octanol–water partition coefficient (Wildman–Crippen LogP) is 4.98. The lowest BCUT2D eigenvalue weighted by molar-refractivity contribution is 0.119. The molecule has 1 fully saturated rings. The monoisotopic (exact) mass is 282 g/mol. The van der Waals surface area contributed by atoms with E-state index in [9.17, 15) is 0 Å². The molecule has 3 atom stereocenters. The van der Waals surface area contributed by atoms with Crippen LogP contribution in [-0.2, 0) is 0 Å². The zero-order valence-corrected chi connectivity index (χ0v) is 13.1. The van der Waals surface area contributed by atoms with Crippen LogP contribution in [0.2, 0.25) is 0 Å². The minimum Gasteiger partial charge on any atom is -0.357 e. The molecule has 4 rings (SSSR count). The van der Waals surface area contributed by atoms with Gasteiger partial charge in [-0.3, -0.25) is 4.90 Å². The first-order valence-electron chi connectivity index (χ1n) is 8.73. The lowest BCUT2D eigenvalue weighted by Gasteiger charge is -2.43. The van der Waals surface area contributed by atoms with E-state index in [4.69, 9.17) is 0 Å². The van der Waals surface area contributed by atoms with Crippen LogP contribution >= 0.6 is 0 Å². The van der Waals surface area contributed by atoms with Gasteiger partial charge in [0.2, 0.25) is 0 Å². The second kappa shape index (κ2) is 5.49. The van der Waals surface area contributed by atoms with Gasteiger partial charge in [-0.15, -0.1) is 0 Å². The number of rotatable bonds is 4. The zero-order chi connectivity index (χ0) is 14.2. The van der Waals surface area contributed by atoms with Crippen molar-refractivity contribution in [1.82, 2.24) is 9.88 Å². The lowest BCUT2D eigenvalue weighted by Crippen LogP contribution is -2.41. The third-order valence-corrected chi connectivity index (χ3v) is 5.49. The molecule has 1 aromatic carbocycles. The number of aromatic amines is 1. The summed E-state index contributed by atoms with van der Waals surface area (Å²) in [7, 11) is 0. The van der Waals surface area contributed by atoms with E-state index in [1.54, 1.807) is 11.3 Å². The van der Waals surface area contributed by atoms with E-state index in [0.717, 1.165) is 5.92 Å². The summed E-state index contributed by atoms with van der Waals surface area (Å²) in [6.45, 7) is 4.87. The number of benzene rings is 1. The Labute approximate surface area is 127 Å². The van der Waals surface area contributed by atoms with Gasteiger partial charge in [0, 0.05) is 23.1 Å². The minimum absolute atomic E-state index is 0.635. The van der Waals surface area contributed by atoms with Crippen molar-refractivity contribution in [2.24, 2.45) is 0 Å². The number of nitrogens with one attached hydrogen (secondary N) is 1. The predicted molar refractivity (Wildman–Crippen MR) is 88.7 cm³/mol. The van der Waals surface area contributed by atoms with Crippen molar-refractivity contribution < 1.29 is 0 Å². The molecule has 2 aliphatic rings. The Kier molecular flexibility index (Phi) is 3.50. The third kappa shape index (κ3) is 2.20. The number of aromatic nitrogens is 1. The molecule has 0 saturated carbocycles. The van der Waals surface area contributed by atoms with Crippen LogP contribution in [0.25, 0.3) is 10.9 Å². The van der Waals surface area contributed by atoms with Gasteiger partial charge in [-0.1, -0.05) is 44.4 Å². The highest BCUT2D eigenvalue weighted by Crippen LogP contribution is 2.45. The number of piperidine rings is 1. The van der Waals surface area contributed by atoms with Crippen LogP contribution in [0.15, 0.2) is 24.3 Å². The standard InChI is InChI=1S/C19H26N2/c1-2-3-4-11-17-19-18(14-8-7-12-21(17)13-14)15-9-5-6-10-16(15)20-19/h5-6,9-10,14,17,20H,2-4,7-8,11-13H2,1H3/t14-,17+/m0/s1. The van der Waals surface area contributed by atoms with Crippen LogP contribution in [0.3, 0.4) is 0 Å². The fraction of sp³-hybridized carbons (Fsp3) is 0.579. The van der Waals surface area contributed by atoms with Crippen LogP contribution in [0.1, 0.15) is 68.7 Å². The summed E-state index contributed by atoms with van der Waals surface area (Å²) in [5.74, 6) is 0.757. The first-order valence-corrected chi connectivity index (χ1v) is 8.73. The van der Waals surface area contributed by atoms with Gasteiger partial charge in [0.15, 0.2) is 0 Å². The Bertz CT molecular complexity index is 628. The number of hydrogen-bond acceptors (Lipinski definition) is 1. The average molecular weight is 282 g/mol. The van der Waals surface area contributed by atoms with Crippen molar-refractivity contribution in [2.45, 2.75) is 57.4 Å². The van der Waals surface area contributed by atoms with Crippen LogP contribution in [0, 0.1) is 0 Å². The molecule has 2 nitrogen and oxygen atoms in total. The van der Waals surface area contributed by atoms with E-state index in [2.05, 4.69) is 41.1 Å². The molecule has 1 saturated heterocycles. The van der Waals surface area contributed by atoms with E-state index in [-0.39, 0.29) is 0 Å². The van der Waals surface area contributed by atoms with Crippen LogP contribution in [0.5, 0.6) is 0 Å². The molecule has 0 radical (unpaired) electrons. The first kappa shape index (κ1) is 13.4. The molecule has 2 heteroatoms. The largest absolute Gasteiger partial charge is 0.357 e. The Morgan fingerprint density at radius 3 is 3.05 bits per heavy atom. The Hall–Kier alpha value is -1.28. The summed E-state index contributed by atoms with van der Waals surface area (Å²) in [6, 6.07) is 9.55. The molecule has 3 heterocycles. The molecule has 112 valence electrons. The van der Waals surface area contributed by atoms with E-state index in [1.165, 1.54) is 62.5 Å². The van der Waals surface area contributed by atoms with Crippen LogP contribution < -0.4 is 0 Å². The molecule has 1 N–H and O–H groups in total. The number of para-hydroxylation sites is 1. The molecule has 21 heavy (non-hydrogen) atoms. The summed E-state index contributed by atoms with van der Waals surface area (Å²) in [6.07, 6.45) is 8.09. The molecular weight excluding hydrogens is 256 g/mol. The molecule has 0 spiro atoms. The second-order valence-electron chi connectivity index (χ2n) is 6.84. The summed E-state index contributed by atoms with van der Waals surface area (Å²) in [5.41, 5.74) is 4.54. The van der Waals surface area contributed by atoms with Gasteiger partial charge in [-0.2, -0.15) is 0 Å². The van der Waals surface area contributed by atoms with Gasteiger partial charge in [0.25, 0.3) is 0 Å². The van der Waals surface area contributed by atoms with Crippen molar-refractivity contribution in [1.29, 1.82) is 0 Å². The highest BCUT2D eigenvalue weighted by molar-refractivity contribution is 5.85. The first-order chi connectivity index (χ1) is 10.4. The Balaban J connectivity index is 1.77. The van der Waals surface area contributed by atoms with Crippen LogP contribution in [-0.4, -0.2) is 23.0 Å². The average Bonchev–Trinajstić information content (AvgIpc) is 2.90. The normalized spacial score (nSPS) is 27.8. The topological polar surface area (TPSA) is 19.0 Å². The minimum atomic E-state index is 0.635. The van der Waals surface area contributed by atoms with Crippen molar-refractivity contribution in [3.05, 3.63) is 35.5 Å². The smallest absolute Gasteiger partial charge is 0.0501 e. The number of fused-ring (bicyclic) bond motifs is 6. The molecule has 0 aliphatic carbocycles. The van der Waals surface area contributed by atoms with Gasteiger partial charge < -0.3 is 4.98 Å². The molecule has 2 bridgehead atoms. The number of H-pyrrole nitrogens is 1. The summed E-state index contributed by atoms with van der Waals surface area (Å²) >= 11 is 0. The van der Waals surface area contributed by atoms with Gasteiger partial charge in [0.1, 0.15) is 0 Å². The Morgan fingerprint density at radius 2 is 2.14 bits per heavy atom. The van der Waals surface area contributed by atoms with Gasteiger partial charge >= 0.3 is 0 Å². The van der Waals surface area contributed by atoms with Crippen molar-refractivity contribution in [3.8, 4) is 0 Å². The second-order valence-corrected chi connectivity index (χ2v) is 6.84. The van der Waals surface area contributed by atoms with E-state index in [0.29, 0.717) is 6.04 Å². The maximum absolute atomic E-state index is 3.78. The van der Waals surface area contributed by atoms with Gasteiger partial charge in [0.05, 0.1) is 6.04 Å². The summed E-state index contributed by atoms with van der Waals surface area (Å²) < 4.78 is 0. The maximum Gasteiger partial charge on any atom is 0.0501 e. The Morgan fingerprint density at radius 1 is 1.24 bits per heavy atom. The van der Waals surface area contributed by atoms with Crippen molar-refractivity contribution >= 4 is 10.9 Å². The third-order valence-electron chi connectivity index (χ3n) is 5.49. The van der Waals surface area contributed by atoms with Gasteiger partial charge in [-0.25, -0.2) is 0 Å². The van der Waals surface area contributed by atoms with Crippen molar-refractivity contribution in [3.63, 3.8) is 0 Å². The molecule has 2 aliphatic heterocycles. The van der Waals surface area contributed by atoms with E-state index < -0.39 is 0 Å². The highest BCUT2D eigenvalue weighted by Gasteiger charge is 2.37. The van der Waals surface area contributed by atoms with Gasteiger partial charge in [-0.05, 0) is 43.4 Å². The fourth-order valence-corrected chi connectivity index (χ4v) is 4.51. The SMILES string of the molecule is CCCCC[C@@H]1c2[nH]c3ccccc3c2[C@H]2CCCN1C2. The number of nitrogens with zero attached hydrogens (tertiary/aromatic N) is 1. The highest BCUT2D eigenvalue weighted by atomic mass is 15.2. The fourth-order valence-electron chi connectivity index (χ4n) is 4.51. The van der Waals surface area contributed by atoms with E-state index in [1.807, 2.05) is 0 Å². The zero-order valence-electron chi connectivity index (χ0n) is 13.1. The molecule has 1 unspecified atom stereocenters. The maximum atomic E-state index is 3.78. The van der Waals surface area contributed by atoms with E-state index >= 15 is 0 Å². The summed E-state index contributed by atoms with van der Waals surface area (Å²) in [5, 5.41) is 1.49. The molecular formula is C19H26N2. The van der Waals surface area contributed by atoms with Crippen LogP contribution in [0.4, 0.5) is 0 Å². The molecule has 0 amide bonds. The quantitative estimate of drug-likeness (QED) is 0.783. The van der Waals surface area contributed by atoms with Crippen molar-refractivity contribution in [2.75, 3.05) is 13.1 Å².